The molecule has 2 aromatic rings. The molecule has 2 amide bonds. The van der Waals surface area contributed by atoms with Crippen molar-refractivity contribution < 1.29 is 14.0 Å². The van der Waals surface area contributed by atoms with Gasteiger partial charge in [-0.1, -0.05) is 12.1 Å². The van der Waals surface area contributed by atoms with Gasteiger partial charge in [0.1, 0.15) is 17.1 Å². The Morgan fingerprint density at radius 1 is 1.17 bits per heavy atom. The molecule has 0 spiro atoms. The Labute approximate surface area is 138 Å². The van der Waals surface area contributed by atoms with Crippen molar-refractivity contribution in [2.24, 2.45) is 0 Å². The molecule has 0 saturated carbocycles. The van der Waals surface area contributed by atoms with E-state index in [1.807, 2.05) is 25.1 Å². The van der Waals surface area contributed by atoms with Crippen LogP contribution in [0.5, 0.6) is 0 Å². The highest BCUT2D eigenvalue weighted by Gasteiger charge is 2.34. The van der Waals surface area contributed by atoms with Crippen molar-refractivity contribution in [1.29, 1.82) is 0 Å². The Kier molecular flexibility index (Phi) is 3.83. The maximum Gasteiger partial charge on any atom is 0.270 e. The van der Waals surface area contributed by atoms with Gasteiger partial charge < -0.3 is 4.42 Å². The smallest absolute Gasteiger partial charge is 0.270 e. The average molecular weight is 326 g/mol. The number of hydrogen-bond acceptors (Lipinski definition) is 4. The van der Waals surface area contributed by atoms with Crippen LogP contribution in [0.1, 0.15) is 17.1 Å². The average Bonchev–Trinajstić information content (AvgIpc) is 2.89. The molecule has 0 atom stereocenters. The summed E-state index contributed by atoms with van der Waals surface area (Å²) in [6.07, 6.45) is 1.43. The van der Waals surface area contributed by atoms with Crippen LogP contribution in [0.15, 0.2) is 46.4 Å². The van der Waals surface area contributed by atoms with Gasteiger partial charge in [0.15, 0.2) is 5.11 Å². The van der Waals surface area contributed by atoms with Crippen molar-refractivity contribution >= 4 is 40.9 Å². The molecule has 23 heavy (non-hydrogen) atoms. The summed E-state index contributed by atoms with van der Waals surface area (Å²) in [6, 6.07) is 10.8. The van der Waals surface area contributed by atoms with E-state index in [0.717, 1.165) is 5.56 Å². The predicted octanol–water partition coefficient (Wildman–Crippen LogP) is 2.73. The Morgan fingerprint density at radius 3 is 2.61 bits per heavy atom. The first-order chi connectivity index (χ1) is 11.0. The molecule has 1 aromatic heterocycles. The molecule has 1 fully saturated rings. The predicted molar refractivity (Wildman–Crippen MR) is 90.8 cm³/mol. The summed E-state index contributed by atoms with van der Waals surface area (Å²) >= 11 is 5.15. The van der Waals surface area contributed by atoms with Gasteiger partial charge in [0, 0.05) is 0 Å². The molecule has 5 nitrogen and oxygen atoms in total. The normalized spacial score (nSPS) is 16.9. The Morgan fingerprint density at radius 2 is 1.96 bits per heavy atom. The second kappa shape index (κ2) is 5.81. The standard InChI is InChI=1S/C17H14N2O3S/c1-10-4-3-5-12(8-10)19-16(21)14(15(20)18-17(19)23)9-13-7-6-11(2)22-13/h3-9H,1-2H3,(H,18,20,23)/b14-9+. The highest BCUT2D eigenvalue weighted by atomic mass is 32.1. The van der Waals surface area contributed by atoms with Gasteiger partial charge in [-0.2, -0.15) is 0 Å². The molecule has 1 N–H and O–H groups in total. The van der Waals surface area contributed by atoms with Crippen LogP contribution in [0.25, 0.3) is 6.08 Å². The zero-order valence-corrected chi connectivity index (χ0v) is 13.4. The minimum atomic E-state index is -0.530. The van der Waals surface area contributed by atoms with E-state index in [1.165, 1.54) is 11.0 Å². The lowest BCUT2D eigenvalue weighted by Crippen LogP contribution is -2.54. The second-order valence-electron chi connectivity index (χ2n) is 5.25. The SMILES string of the molecule is Cc1cccc(N2C(=O)/C(=C/c3ccc(C)o3)C(=O)NC2=S)c1. The summed E-state index contributed by atoms with van der Waals surface area (Å²) < 4.78 is 5.41. The lowest BCUT2D eigenvalue weighted by molar-refractivity contribution is -0.122. The van der Waals surface area contributed by atoms with Crippen molar-refractivity contribution in [3.05, 3.63) is 59.1 Å². The van der Waals surface area contributed by atoms with Gasteiger partial charge in [-0.25, -0.2) is 0 Å². The first kappa shape index (κ1) is 15.2. The van der Waals surface area contributed by atoms with E-state index in [0.29, 0.717) is 17.2 Å². The van der Waals surface area contributed by atoms with E-state index >= 15 is 0 Å². The van der Waals surface area contributed by atoms with Gasteiger partial charge in [0.25, 0.3) is 11.8 Å². The molecular formula is C17H14N2O3S. The van der Waals surface area contributed by atoms with Crippen LogP contribution in [0.2, 0.25) is 0 Å². The lowest BCUT2D eigenvalue weighted by Gasteiger charge is -2.28. The quantitative estimate of drug-likeness (QED) is 0.524. The zero-order chi connectivity index (χ0) is 16.6. The van der Waals surface area contributed by atoms with Crippen LogP contribution in [0.4, 0.5) is 5.69 Å². The summed E-state index contributed by atoms with van der Waals surface area (Å²) in [7, 11) is 0. The van der Waals surface area contributed by atoms with Crippen molar-refractivity contribution in [2.75, 3.05) is 4.90 Å². The number of rotatable bonds is 2. The van der Waals surface area contributed by atoms with Crippen molar-refractivity contribution in [1.82, 2.24) is 5.32 Å². The largest absolute Gasteiger partial charge is 0.462 e. The van der Waals surface area contributed by atoms with E-state index in [1.54, 1.807) is 25.1 Å². The third kappa shape index (κ3) is 2.93. The van der Waals surface area contributed by atoms with Gasteiger partial charge in [0.2, 0.25) is 0 Å². The van der Waals surface area contributed by atoms with Gasteiger partial charge in [-0.05, 0) is 62.0 Å². The fourth-order valence-electron chi connectivity index (χ4n) is 2.33. The number of nitrogens with zero attached hydrogens (tertiary/aromatic N) is 1. The Bertz CT molecular complexity index is 851. The molecule has 1 aliphatic heterocycles. The maximum absolute atomic E-state index is 12.7. The van der Waals surface area contributed by atoms with Crippen LogP contribution in [0, 0.1) is 13.8 Å². The monoisotopic (exact) mass is 326 g/mol. The van der Waals surface area contributed by atoms with Gasteiger partial charge in [-0.15, -0.1) is 0 Å². The van der Waals surface area contributed by atoms with Gasteiger partial charge >= 0.3 is 0 Å². The highest BCUT2D eigenvalue weighted by Crippen LogP contribution is 2.23. The van der Waals surface area contributed by atoms with E-state index < -0.39 is 11.8 Å². The van der Waals surface area contributed by atoms with Crippen LogP contribution < -0.4 is 10.2 Å². The summed E-state index contributed by atoms with van der Waals surface area (Å²) in [6.45, 7) is 3.71. The minimum Gasteiger partial charge on any atom is -0.462 e. The molecule has 1 aromatic carbocycles. The molecule has 0 unspecified atom stereocenters. The molecule has 2 heterocycles. The number of anilines is 1. The number of nitrogens with one attached hydrogen (secondary N) is 1. The Hall–Kier alpha value is -2.73. The number of amides is 2. The third-order valence-corrected chi connectivity index (χ3v) is 3.69. The van der Waals surface area contributed by atoms with Gasteiger partial charge in [0.05, 0.1) is 5.69 Å². The van der Waals surface area contributed by atoms with Crippen LogP contribution in [0.3, 0.4) is 0 Å². The van der Waals surface area contributed by atoms with Crippen molar-refractivity contribution in [3.63, 3.8) is 0 Å². The van der Waals surface area contributed by atoms with E-state index in [9.17, 15) is 9.59 Å². The van der Waals surface area contributed by atoms with Crippen LogP contribution in [-0.2, 0) is 9.59 Å². The lowest BCUT2D eigenvalue weighted by atomic mass is 10.1. The zero-order valence-electron chi connectivity index (χ0n) is 12.6. The molecule has 6 heteroatoms. The van der Waals surface area contributed by atoms with Crippen molar-refractivity contribution in [3.8, 4) is 0 Å². The third-order valence-electron chi connectivity index (χ3n) is 3.41. The fourth-order valence-corrected chi connectivity index (χ4v) is 2.61. The van der Waals surface area contributed by atoms with Crippen molar-refractivity contribution in [2.45, 2.75) is 13.8 Å². The number of hydrogen-bond donors (Lipinski definition) is 1. The highest BCUT2D eigenvalue weighted by molar-refractivity contribution is 7.80. The summed E-state index contributed by atoms with van der Waals surface area (Å²) in [5, 5.41) is 2.61. The number of carbonyl (C=O) groups excluding carboxylic acids is 2. The van der Waals surface area contributed by atoms with E-state index in [-0.39, 0.29) is 10.7 Å². The summed E-state index contributed by atoms with van der Waals surface area (Å²) in [5.74, 6) is 0.140. The molecule has 3 rings (SSSR count). The summed E-state index contributed by atoms with van der Waals surface area (Å²) in [4.78, 5) is 26.2. The molecule has 116 valence electrons. The molecule has 1 aliphatic rings. The van der Waals surface area contributed by atoms with Gasteiger partial charge in [-0.3, -0.25) is 19.8 Å². The maximum atomic E-state index is 12.7. The number of carbonyl (C=O) groups is 2. The van der Waals surface area contributed by atoms with Crippen LogP contribution >= 0.6 is 12.2 Å². The second-order valence-corrected chi connectivity index (χ2v) is 5.63. The topological polar surface area (TPSA) is 62.6 Å². The van der Waals surface area contributed by atoms with E-state index in [2.05, 4.69) is 5.32 Å². The first-order valence-electron chi connectivity index (χ1n) is 7.00. The molecule has 0 aliphatic carbocycles. The van der Waals surface area contributed by atoms with E-state index in [4.69, 9.17) is 16.6 Å². The molecule has 1 saturated heterocycles. The summed E-state index contributed by atoms with van der Waals surface area (Å²) in [5.41, 5.74) is 1.58. The number of aryl methyl sites for hydroxylation is 2. The Balaban J connectivity index is 2.02. The number of furan rings is 1. The molecule has 0 radical (unpaired) electrons. The fraction of sp³-hybridized carbons (Fsp3) is 0.118. The molecular weight excluding hydrogens is 312 g/mol. The molecule has 0 bridgehead atoms. The van der Waals surface area contributed by atoms with Crippen LogP contribution in [-0.4, -0.2) is 16.9 Å². The first-order valence-corrected chi connectivity index (χ1v) is 7.41. The number of thiocarbonyl (C=S) groups is 1. The minimum absolute atomic E-state index is 0.0190. The number of benzene rings is 1.